The normalized spacial score (nSPS) is 22.8. The number of nitrogens with one attached hydrogen (secondary N) is 2. The highest BCUT2D eigenvalue weighted by molar-refractivity contribution is 5.89. The van der Waals surface area contributed by atoms with Crippen LogP contribution in [0.2, 0.25) is 0 Å². The Morgan fingerprint density at radius 1 is 1.23 bits per heavy atom. The van der Waals surface area contributed by atoms with E-state index in [9.17, 15) is 4.79 Å². The summed E-state index contributed by atoms with van der Waals surface area (Å²) in [7, 11) is 4.32. The summed E-state index contributed by atoms with van der Waals surface area (Å²) in [5, 5.41) is 3.07. The summed E-state index contributed by atoms with van der Waals surface area (Å²) in [6, 6.07) is 9.78. The van der Waals surface area contributed by atoms with Gasteiger partial charge in [-0.2, -0.15) is 0 Å². The largest absolute Gasteiger partial charge is 0.340 e. The van der Waals surface area contributed by atoms with Crippen molar-refractivity contribution < 1.29 is 9.69 Å². The first-order valence-corrected chi connectivity index (χ1v) is 9.94. The topological polar surface area (TPSA) is 36.8 Å². The molecule has 0 aliphatic heterocycles. The smallest absolute Gasteiger partial charge is 0.321 e. The fourth-order valence-electron chi connectivity index (χ4n) is 4.04. The second kappa shape index (κ2) is 9.77. The molecule has 0 bridgehead atoms. The highest BCUT2D eigenvalue weighted by Gasteiger charge is 2.30. The molecule has 144 valence electrons. The number of rotatable bonds is 7. The molecule has 0 saturated heterocycles. The zero-order chi connectivity index (χ0) is 19.1. The SMILES string of the molecule is CC1=C[C@@H](C)[C@H](CN(CCC[NH+](C)C)C(=O)Nc2ccccc2)[C@H](C)C1. The summed E-state index contributed by atoms with van der Waals surface area (Å²) in [6.45, 7) is 9.55. The zero-order valence-corrected chi connectivity index (χ0v) is 17.1. The van der Waals surface area contributed by atoms with Crippen LogP contribution < -0.4 is 10.2 Å². The lowest BCUT2D eigenvalue weighted by Gasteiger charge is -2.37. The van der Waals surface area contributed by atoms with Crippen LogP contribution in [0.25, 0.3) is 0 Å². The van der Waals surface area contributed by atoms with Gasteiger partial charge < -0.3 is 15.1 Å². The van der Waals surface area contributed by atoms with Crippen LogP contribution in [0.1, 0.15) is 33.6 Å². The second-order valence-electron chi connectivity index (χ2n) is 8.27. The maximum absolute atomic E-state index is 12.9. The molecule has 0 heterocycles. The molecule has 1 aliphatic carbocycles. The predicted octanol–water partition coefficient (Wildman–Crippen LogP) is 3.29. The van der Waals surface area contributed by atoms with E-state index in [2.05, 4.69) is 46.3 Å². The number of carbonyl (C=O) groups excluding carboxylic acids is 1. The molecular weight excluding hydrogens is 322 g/mol. The summed E-state index contributed by atoms with van der Waals surface area (Å²) in [5.74, 6) is 1.65. The molecule has 1 aliphatic rings. The van der Waals surface area contributed by atoms with Crippen LogP contribution in [0.4, 0.5) is 10.5 Å². The van der Waals surface area contributed by atoms with E-state index in [1.165, 1.54) is 10.5 Å². The van der Waals surface area contributed by atoms with Gasteiger partial charge in [0.25, 0.3) is 0 Å². The summed E-state index contributed by atoms with van der Waals surface area (Å²) in [5.41, 5.74) is 2.35. The second-order valence-corrected chi connectivity index (χ2v) is 8.27. The molecule has 0 fully saturated rings. The number of allylic oxidation sites excluding steroid dienone is 2. The standard InChI is InChI=1S/C22H35N3O/c1-17-14-18(2)21(19(3)15-17)16-25(13-9-12-24(4)5)22(26)23-20-10-7-6-8-11-20/h6-8,10-11,14,18-19,21H,9,12-13,15-16H2,1-5H3,(H,23,26)/p+1/t18-,19-,21+/m1/s1. The molecule has 4 heteroatoms. The van der Waals surface area contributed by atoms with Crippen LogP contribution >= 0.6 is 0 Å². The van der Waals surface area contributed by atoms with Crippen molar-refractivity contribution in [2.45, 2.75) is 33.6 Å². The highest BCUT2D eigenvalue weighted by atomic mass is 16.2. The number of hydrogen-bond donors (Lipinski definition) is 2. The molecule has 0 radical (unpaired) electrons. The van der Waals surface area contributed by atoms with E-state index in [1.54, 1.807) is 0 Å². The third kappa shape index (κ3) is 6.17. The van der Waals surface area contributed by atoms with E-state index >= 15 is 0 Å². The van der Waals surface area contributed by atoms with Gasteiger partial charge in [0.15, 0.2) is 0 Å². The van der Waals surface area contributed by atoms with Crippen molar-refractivity contribution in [3.8, 4) is 0 Å². The number of amides is 2. The predicted molar refractivity (Wildman–Crippen MR) is 110 cm³/mol. The number of para-hydroxylation sites is 1. The molecule has 2 N–H and O–H groups in total. The minimum Gasteiger partial charge on any atom is -0.340 e. The minimum absolute atomic E-state index is 0.0237. The third-order valence-electron chi connectivity index (χ3n) is 5.45. The molecule has 1 aromatic carbocycles. The van der Waals surface area contributed by atoms with E-state index < -0.39 is 0 Å². The van der Waals surface area contributed by atoms with Crippen LogP contribution in [-0.4, -0.2) is 44.7 Å². The van der Waals surface area contributed by atoms with Crippen molar-refractivity contribution in [1.82, 2.24) is 4.90 Å². The molecule has 0 aromatic heterocycles. The zero-order valence-electron chi connectivity index (χ0n) is 17.1. The number of anilines is 1. The lowest BCUT2D eigenvalue weighted by molar-refractivity contribution is -0.858. The molecule has 26 heavy (non-hydrogen) atoms. The van der Waals surface area contributed by atoms with Gasteiger partial charge in [0.1, 0.15) is 0 Å². The molecule has 1 aromatic rings. The van der Waals surface area contributed by atoms with Crippen molar-refractivity contribution in [3.63, 3.8) is 0 Å². The van der Waals surface area contributed by atoms with E-state index in [4.69, 9.17) is 0 Å². The van der Waals surface area contributed by atoms with Gasteiger partial charge in [0, 0.05) is 25.2 Å². The van der Waals surface area contributed by atoms with Gasteiger partial charge >= 0.3 is 6.03 Å². The molecular formula is C22H36N3O+. The first-order chi connectivity index (χ1) is 12.4. The number of nitrogens with zero attached hydrogens (tertiary/aromatic N) is 1. The Balaban J connectivity index is 2.06. The Kier molecular flexibility index (Phi) is 7.70. The first-order valence-electron chi connectivity index (χ1n) is 9.94. The van der Waals surface area contributed by atoms with Crippen LogP contribution in [0.3, 0.4) is 0 Å². The molecule has 2 amide bonds. The number of benzene rings is 1. The van der Waals surface area contributed by atoms with Crippen LogP contribution in [0, 0.1) is 17.8 Å². The van der Waals surface area contributed by atoms with Gasteiger partial charge in [-0.05, 0) is 43.2 Å². The fourth-order valence-corrected chi connectivity index (χ4v) is 4.04. The Morgan fingerprint density at radius 3 is 2.54 bits per heavy atom. The summed E-state index contributed by atoms with van der Waals surface area (Å²) < 4.78 is 0. The molecule has 0 unspecified atom stereocenters. The van der Waals surface area contributed by atoms with E-state index in [-0.39, 0.29) is 6.03 Å². The highest BCUT2D eigenvalue weighted by Crippen LogP contribution is 2.34. The lowest BCUT2D eigenvalue weighted by atomic mass is 9.75. The number of urea groups is 1. The van der Waals surface area contributed by atoms with E-state index in [0.29, 0.717) is 17.8 Å². The number of hydrogen-bond acceptors (Lipinski definition) is 1. The number of carbonyl (C=O) groups is 1. The van der Waals surface area contributed by atoms with Crippen LogP contribution in [-0.2, 0) is 0 Å². The van der Waals surface area contributed by atoms with E-state index in [0.717, 1.165) is 38.2 Å². The third-order valence-corrected chi connectivity index (χ3v) is 5.45. The van der Waals surface area contributed by atoms with Crippen LogP contribution in [0.5, 0.6) is 0 Å². The molecule has 0 saturated carbocycles. The minimum atomic E-state index is 0.0237. The van der Waals surface area contributed by atoms with Crippen molar-refractivity contribution in [2.24, 2.45) is 17.8 Å². The van der Waals surface area contributed by atoms with Crippen molar-refractivity contribution in [3.05, 3.63) is 42.0 Å². The molecule has 4 nitrogen and oxygen atoms in total. The Hall–Kier alpha value is -1.81. The Bertz CT molecular complexity index is 597. The Labute approximate surface area is 159 Å². The maximum atomic E-state index is 12.9. The maximum Gasteiger partial charge on any atom is 0.321 e. The summed E-state index contributed by atoms with van der Waals surface area (Å²) in [4.78, 5) is 16.4. The fraction of sp³-hybridized carbons (Fsp3) is 0.591. The van der Waals surface area contributed by atoms with Gasteiger partial charge in [-0.15, -0.1) is 0 Å². The lowest BCUT2D eigenvalue weighted by Crippen LogP contribution is -3.05. The van der Waals surface area contributed by atoms with Gasteiger partial charge in [-0.25, -0.2) is 4.79 Å². The van der Waals surface area contributed by atoms with Crippen molar-refractivity contribution >= 4 is 11.7 Å². The van der Waals surface area contributed by atoms with Gasteiger partial charge in [-0.1, -0.05) is 43.7 Å². The molecule has 3 atom stereocenters. The average molecular weight is 359 g/mol. The van der Waals surface area contributed by atoms with Crippen molar-refractivity contribution in [1.29, 1.82) is 0 Å². The quantitative estimate of drug-likeness (QED) is 0.721. The monoisotopic (exact) mass is 358 g/mol. The van der Waals surface area contributed by atoms with Gasteiger partial charge in [0.2, 0.25) is 0 Å². The Morgan fingerprint density at radius 2 is 1.92 bits per heavy atom. The summed E-state index contributed by atoms with van der Waals surface area (Å²) >= 11 is 0. The first kappa shape index (κ1) is 20.5. The van der Waals surface area contributed by atoms with Gasteiger partial charge in [-0.3, -0.25) is 0 Å². The van der Waals surface area contributed by atoms with Gasteiger partial charge in [0.05, 0.1) is 20.6 Å². The summed E-state index contributed by atoms with van der Waals surface area (Å²) in [6.07, 6.45) is 4.56. The average Bonchev–Trinajstić information content (AvgIpc) is 2.56. The van der Waals surface area contributed by atoms with E-state index in [1.807, 2.05) is 35.2 Å². The van der Waals surface area contributed by atoms with Crippen LogP contribution in [0.15, 0.2) is 42.0 Å². The molecule has 2 rings (SSSR count). The number of quaternary nitrogens is 1. The molecule has 0 spiro atoms. The van der Waals surface area contributed by atoms with Crippen molar-refractivity contribution in [2.75, 3.05) is 39.0 Å².